The number of hydrogen-bond acceptors (Lipinski definition) is 6. The molecule has 1 amide bonds. The van der Waals surface area contributed by atoms with Gasteiger partial charge in [0, 0.05) is 18.1 Å². The van der Waals surface area contributed by atoms with E-state index in [-0.39, 0.29) is 11.5 Å². The molecule has 0 bridgehead atoms. The van der Waals surface area contributed by atoms with Gasteiger partial charge in [0.1, 0.15) is 0 Å². The molecule has 4 rings (SSSR count). The quantitative estimate of drug-likeness (QED) is 0.762. The van der Waals surface area contributed by atoms with Crippen molar-refractivity contribution in [3.8, 4) is 0 Å². The summed E-state index contributed by atoms with van der Waals surface area (Å²) in [6, 6.07) is 18.2. The lowest BCUT2D eigenvalue weighted by Crippen LogP contribution is -2.54. The second-order valence-electron chi connectivity index (χ2n) is 7.51. The minimum absolute atomic E-state index is 0.248. The summed E-state index contributed by atoms with van der Waals surface area (Å²) in [7, 11) is 0. The van der Waals surface area contributed by atoms with Gasteiger partial charge in [-0.15, -0.1) is 10.6 Å². The van der Waals surface area contributed by atoms with E-state index in [2.05, 4.69) is 40.4 Å². The molecule has 30 heavy (non-hydrogen) atoms. The first-order valence-corrected chi connectivity index (χ1v) is 10.6. The van der Waals surface area contributed by atoms with E-state index in [0.29, 0.717) is 31.3 Å². The highest BCUT2D eigenvalue weighted by Crippen LogP contribution is 2.39. The second-order valence-corrected chi connectivity index (χ2v) is 7.94. The molecular weight excluding hydrogens is 402 g/mol. The SMILES string of the molecule is CCOC(=O)N1CCC(C2=NNNN2Cc2ccc(Cl)cc2)(c2ccccc2)CC1. The fraction of sp³-hybridized carbons (Fsp3) is 0.364. The van der Waals surface area contributed by atoms with Crippen molar-refractivity contribution in [1.29, 1.82) is 0 Å². The minimum Gasteiger partial charge on any atom is -0.450 e. The number of ether oxygens (including phenoxy) is 1. The Bertz CT molecular complexity index is 896. The number of hydrazine groups is 2. The van der Waals surface area contributed by atoms with Crippen molar-refractivity contribution in [3.63, 3.8) is 0 Å². The molecule has 2 aromatic rings. The van der Waals surface area contributed by atoms with Crippen molar-refractivity contribution in [3.05, 3.63) is 70.7 Å². The lowest BCUT2D eigenvalue weighted by atomic mass is 9.71. The van der Waals surface area contributed by atoms with E-state index in [1.165, 1.54) is 5.56 Å². The van der Waals surface area contributed by atoms with Crippen molar-refractivity contribution in [2.24, 2.45) is 5.10 Å². The topological polar surface area (TPSA) is 69.2 Å². The van der Waals surface area contributed by atoms with Crippen molar-refractivity contribution in [2.45, 2.75) is 31.7 Å². The molecule has 158 valence electrons. The predicted octanol–water partition coefficient (Wildman–Crippen LogP) is 3.67. The summed E-state index contributed by atoms with van der Waals surface area (Å²) in [5.74, 6) is 0.923. The first-order valence-electron chi connectivity index (χ1n) is 10.2. The average molecular weight is 428 g/mol. The smallest absolute Gasteiger partial charge is 0.409 e. The van der Waals surface area contributed by atoms with Crippen LogP contribution in [0.3, 0.4) is 0 Å². The summed E-state index contributed by atoms with van der Waals surface area (Å²) in [6.45, 7) is 4.08. The van der Waals surface area contributed by atoms with Crippen LogP contribution >= 0.6 is 11.6 Å². The molecule has 1 saturated heterocycles. The monoisotopic (exact) mass is 427 g/mol. The van der Waals surface area contributed by atoms with Crippen LogP contribution in [0.1, 0.15) is 30.9 Å². The lowest BCUT2D eigenvalue weighted by molar-refractivity contribution is 0.0916. The van der Waals surface area contributed by atoms with Crippen LogP contribution in [-0.2, 0) is 16.7 Å². The zero-order valence-corrected chi connectivity index (χ0v) is 17.7. The van der Waals surface area contributed by atoms with Gasteiger partial charge in [0.05, 0.1) is 18.6 Å². The molecule has 2 heterocycles. The van der Waals surface area contributed by atoms with Gasteiger partial charge in [-0.05, 0) is 43.0 Å². The van der Waals surface area contributed by atoms with E-state index in [0.717, 1.165) is 24.2 Å². The molecule has 0 unspecified atom stereocenters. The second kappa shape index (κ2) is 8.93. The molecule has 0 saturated carbocycles. The maximum atomic E-state index is 12.2. The highest BCUT2D eigenvalue weighted by Gasteiger charge is 2.45. The Balaban J connectivity index is 1.60. The van der Waals surface area contributed by atoms with E-state index in [1.54, 1.807) is 4.90 Å². The number of carbonyl (C=O) groups excluding carboxylic acids is 1. The molecule has 2 aromatic carbocycles. The summed E-state index contributed by atoms with van der Waals surface area (Å²) >= 11 is 6.03. The Morgan fingerprint density at radius 2 is 1.83 bits per heavy atom. The van der Waals surface area contributed by atoms with Gasteiger partial charge in [0.25, 0.3) is 0 Å². The Morgan fingerprint density at radius 1 is 1.13 bits per heavy atom. The normalized spacial score (nSPS) is 18.0. The number of benzene rings is 2. The summed E-state index contributed by atoms with van der Waals surface area (Å²) in [4.78, 5) is 14.0. The molecule has 2 aliphatic heterocycles. The number of nitrogens with zero attached hydrogens (tertiary/aromatic N) is 3. The van der Waals surface area contributed by atoms with E-state index in [1.807, 2.05) is 42.3 Å². The van der Waals surface area contributed by atoms with E-state index >= 15 is 0 Å². The number of nitrogens with one attached hydrogen (secondary N) is 2. The molecule has 7 nitrogen and oxygen atoms in total. The van der Waals surface area contributed by atoms with Crippen LogP contribution in [0.4, 0.5) is 4.79 Å². The highest BCUT2D eigenvalue weighted by molar-refractivity contribution is 6.30. The third-order valence-corrected chi connectivity index (χ3v) is 6.01. The number of likely N-dealkylation sites (tertiary alicyclic amines) is 1. The molecule has 1 fully saturated rings. The van der Waals surface area contributed by atoms with Crippen LogP contribution in [0.25, 0.3) is 0 Å². The largest absolute Gasteiger partial charge is 0.450 e. The molecule has 0 aliphatic carbocycles. The number of hydrogen-bond donors (Lipinski definition) is 2. The summed E-state index contributed by atoms with van der Waals surface area (Å²) in [5, 5.41) is 7.38. The molecule has 2 N–H and O–H groups in total. The summed E-state index contributed by atoms with van der Waals surface area (Å²) in [6.07, 6.45) is 1.27. The zero-order valence-electron chi connectivity index (χ0n) is 17.0. The van der Waals surface area contributed by atoms with E-state index < -0.39 is 0 Å². The number of amidine groups is 1. The maximum Gasteiger partial charge on any atom is 0.409 e. The molecule has 8 heteroatoms. The van der Waals surface area contributed by atoms with Gasteiger partial charge in [-0.1, -0.05) is 54.1 Å². The van der Waals surface area contributed by atoms with Gasteiger partial charge in [-0.3, -0.25) is 5.01 Å². The molecule has 0 aromatic heterocycles. The number of halogens is 1. The average Bonchev–Trinajstić information content (AvgIpc) is 3.25. The fourth-order valence-electron chi connectivity index (χ4n) is 4.19. The van der Waals surface area contributed by atoms with Crippen LogP contribution in [0.5, 0.6) is 0 Å². The van der Waals surface area contributed by atoms with Gasteiger partial charge in [0.2, 0.25) is 0 Å². The van der Waals surface area contributed by atoms with Crippen molar-refractivity contribution in [2.75, 3.05) is 19.7 Å². The van der Waals surface area contributed by atoms with E-state index in [4.69, 9.17) is 16.3 Å². The first-order chi connectivity index (χ1) is 14.6. The molecular formula is C22H26ClN5O2. The van der Waals surface area contributed by atoms with Gasteiger partial charge in [-0.2, -0.15) is 0 Å². The fourth-order valence-corrected chi connectivity index (χ4v) is 4.31. The Morgan fingerprint density at radius 3 is 2.50 bits per heavy atom. The maximum absolute atomic E-state index is 12.2. The van der Waals surface area contributed by atoms with Crippen LogP contribution in [-0.4, -0.2) is 41.5 Å². The third-order valence-electron chi connectivity index (χ3n) is 5.75. The van der Waals surface area contributed by atoms with Crippen LogP contribution < -0.4 is 11.1 Å². The van der Waals surface area contributed by atoms with Crippen LogP contribution in [0, 0.1) is 0 Å². The first kappa shape index (κ1) is 20.5. The molecule has 2 aliphatic rings. The van der Waals surface area contributed by atoms with Gasteiger partial charge in [-0.25, -0.2) is 10.3 Å². The minimum atomic E-state index is -0.312. The Kier molecular flexibility index (Phi) is 6.11. The predicted molar refractivity (Wildman–Crippen MR) is 117 cm³/mol. The van der Waals surface area contributed by atoms with Crippen molar-refractivity contribution < 1.29 is 9.53 Å². The summed E-state index contributed by atoms with van der Waals surface area (Å²) < 4.78 is 5.20. The zero-order chi connectivity index (χ0) is 21.0. The van der Waals surface area contributed by atoms with Crippen molar-refractivity contribution in [1.82, 2.24) is 21.0 Å². The van der Waals surface area contributed by atoms with Crippen LogP contribution in [0.15, 0.2) is 59.7 Å². The number of piperidine rings is 1. The third kappa shape index (κ3) is 4.08. The van der Waals surface area contributed by atoms with Gasteiger partial charge >= 0.3 is 6.09 Å². The van der Waals surface area contributed by atoms with Crippen LogP contribution in [0.2, 0.25) is 5.02 Å². The molecule has 0 radical (unpaired) electrons. The van der Waals surface area contributed by atoms with Crippen molar-refractivity contribution >= 4 is 23.5 Å². The van der Waals surface area contributed by atoms with Gasteiger partial charge in [0.15, 0.2) is 5.84 Å². The number of carbonyl (C=O) groups is 1. The van der Waals surface area contributed by atoms with E-state index in [9.17, 15) is 4.79 Å². The lowest BCUT2D eigenvalue weighted by Gasteiger charge is -2.43. The number of hydrazone groups is 1. The number of rotatable bonds is 5. The Labute approximate surface area is 181 Å². The molecule has 0 atom stereocenters. The highest BCUT2D eigenvalue weighted by atomic mass is 35.5. The van der Waals surface area contributed by atoms with Gasteiger partial charge < -0.3 is 9.64 Å². The standard InChI is InChI=1S/C22H26ClN5O2/c1-2-30-21(29)27-14-12-22(13-15-27,18-6-4-3-5-7-18)20-24-25-26-28(20)16-17-8-10-19(23)11-9-17/h3-11,25-26H,2,12-16H2,1H3. The Hall–Kier alpha value is -2.77. The molecule has 0 spiro atoms. The summed E-state index contributed by atoms with van der Waals surface area (Å²) in [5.41, 5.74) is 8.09. The number of amides is 1.